The predicted octanol–water partition coefficient (Wildman–Crippen LogP) is 0.435. The van der Waals surface area contributed by atoms with Gasteiger partial charge < -0.3 is 29.4 Å². The Morgan fingerprint density at radius 2 is 1.96 bits per heavy atom. The Morgan fingerprint density at radius 1 is 1.29 bits per heavy atom. The first-order valence-electron chi connectivity index (χ1n) is 7.20. The van der Waals surface area contributed by atoms with Crippen LogP contribution >= 0.6 is 0 Å². The molecule has 0 aliphatic heterocycles. The van der Waals surface area contributed by atoms with Crippen molar-refractivity contribution in [2.45, 2.75) is 45.5 Å². The van der Waals surface area contributed by atoms with Crippen LogP contribution in [0.3, 0.4) is 0 Å². The number of ether oxygens (including phenoxy) is 4. The summed E-state index contributed by atoms with van der Waals surface area (Å²) in [6.45, 7) is 3.81. The number of carbonyl (C=O) groups excluding carboxylic acids is 3. The molecule has 0 bridgehead atoms. The maximum absolute atomic E-state index is 11.5. The van der Waals surface area contributed by atoms with Crippen molar-refractivity contribution in [3.63, 3.8) is 0 Å². The van der Waals surface area contributed by atoms with Gasteiger partial charge in [0.05, 0.1) is 0 Å². The summed E-state index contributed by atoms with van der Waals surface area (Å²) in [5, 5.41) is 10.6. The predicted molar refractivity (Wildman–Crippen MR) is 79.0 cm³/mol. The number of aldehydes is 1. The average Bonchev–Trinajstić information content (AvgIpc) is 2.48. The number of esters is 1. The third kappa shape index (κ3) is 12.4. The van der Waals surface area contributed by atoms with Gasteiger partial charge in [0.15, 0.2) is 18.7 Å². The van der Waals surface area contributed by atoms with Crippen LogP contribution in [0.2, 0.25) is 0 Å². The van der Waals surface area contributed by atoms with Gasteiger partial charge in [-0.05, 0) is 27.2 Å². The van der Waals surface area contributed by atoms with E-state index in [0.717, 1.165) is 0 Å². The first-order chi connectivity index (χ1) is 11.2. The van der Waals surface area contributed by atoms with E-state index in [1.54, 1.807) is 0 Å². The Kier molecular flexibility index (Phi) is 10.3. The van der Waals surface area contributed by atoms with Gasteiger partial charge in [-0.15, -0.1) is 0 Å². The Bertz CT molecular complexity index is 436. The van der Waals surface area contributed by atoms with Gasteiger partial charge in [0, 0.05) is 13.0 Å². The lowest BCUT2D eigenvalue weighted by molar-refractivity contribution is -0.196. The third-order valence-corrected chi connectivity index (χ3v) is 2.38. The highest BCUT2D eigenvalue weighted by Gasteiger charge is 2.22. The number of rotatable bonds is 12. The van der Waals surface area contributed by atoms with Gasteiger partial charge in [-0.25, -0.2) is 4.79 Å². The molecule has 0 unspecified atom stereocenters. The fourth-order valence-electron chi connectivity index (χ4n) is 1.23. The molecule has 1 atom stereocenters. The van der Waals surface area contributed by atoms with Crippen LogP contribution in [0, 0.1) is 0 Å². The van der Waals surface area contributed by atoms with Crippen LogP contribution in [0.4, 0.5) is 4.79 Å². The monoisotopic (exact) mass is 349 g/mol. The van der Waals surface area contributed by atoms with Gasteiger partial charge in [0.1, 0.15) is 6.54 Å². The number of hydrogen-bond acceptors (Lipinski definition) is 8. The largest absolute Gasteiger partial charge is 0.481 e. The molecule has 0 radical (unpaired) electrons. The molecular weight excluding hydrogens is 326 g/mol. The van der Waals surface area contributed by atoms with E-state index in [2.05, 4.69) is 5.32 Å². The topological polar surface area (TPSA) is 137 Å². The maximum Gasteiger partial charge on any atom is 0.408 e. The van der Waals surface area contributed by atoms with Crippen LogP contribution in [0.5, 0.6) is 0 Å². The SMILES string of the molecule is C[C@@H](OCOCCCC(=O)O)OC(=O)CNC(=O)OC(C)(C)C=O. The molecule has 0 rings (SSSR count). The summed E-state index contributed by atoms with van der Waals surface area (Å²) in [6.07, 6.45) is -1.05. The number of carboxylic acids is 1. The second kappa shape index (κ2) is 11.4. The molecule has 10 heteroatoms. The van der Waals surface area contributed by atoms with Gasteiger partial charge in [0.2, 0.25) is 6.29 Å². The Labute approximate surface area is 139 Å². The quantitative estimate of drug-likeness (QED) is 0.222. The summed E-state index contributed by atoms with van der Waals surface area (Å²) >= 11 is 0. The molecule has 2 N–H and O–H groups in total. The number of carbonyl (C=O) groups is 4. The Balaban J connectivity index is 3.77. The summed E-state index contributed by atoms with van der Waals surface area (Å²) in [7, 11) is 0. The Hall–Kier alpha value is -2.20. The second-order valence-corrected chi connectivity index (χ2v) is 5.21. The normalized spacial score (nSPS) is 12.1. The molecule has 1 amide bonds. The van der Waals surface area contributed by atoms with Crippen LogP contribution in [-0.4, -0.2) is 61.3 Å². The zero-order valence-electron chi connectivity index (χ0n) is 13.9. The molecular formula is C14H23NO9. The zero-order chi connectivity index (χ0) is 18.6. The summed E-state index contributed by atoms with van der Waals surface area (Å²) in [5.41, 5.74) is -1.29. The van der Waals surface area contributed by atoms with Crippen LogP contribution in [0.1, 0.15) is 33.6 Å². The lowest BCUT2D eigenvalue weighted by Gasteiger charge is -2.18. The molecule has 0 aliphatic carbocycles. The molecule has 0 spiro atoms. The molecule has 0 heterocycles. The van der Waals surface area contributed by atoms with Crippen molar-refractivity contribution < 1.29 is 43.2 Å². The second-order valence-electron chi connectivity index (χ2n) is 5.21. The van der Waals surface area contributed by atoms with E-state index in [-0.39, 0.29) is 19.8 Å². The van der Waals surface area contributed by atoms with Crippen LogP contribution in [-0.2, 0) is 33.3 Å². The van der Waals surface area contributed by atoms with Crippen molar-refractivity contribution in [2.75, 3.05) is 19.9 Å². The molecule has 0 saturated heterocycles. The molecule has 0 aromatic carbocycles. The molecule has 10 nitrogen and oxygen atoms in total. The number of carboxylic acid groups (broad SMARTS) is 1. The van der Waals surface area contributed by atoms with Gasteiger partial charge in [-0.3, -0.25) is 14.4 Å². The van der Waals surface area contributed by atoms with E-state index in [9.17, 15) is 19.2 Å². The molecule has 0 saturated carbocycles. The van der Waals surface area contributed by atoms with E-state index in [1.807, 2.05) is 0 Å². The first kappa shape index (κ1) is 21.8. The lowest BCUT2D eigenvalue weighted by atomic mass is 10.2. The highest BCUT2D eigenvalue weighted by Crippen LogP contribution is 2.04. The zero-order valence-corrected chi connectivity index (χ0v) is 13.9. The molecule has 0 aliphatic rings. The highest BCUT2D eigenvalue weighted by atomic mass is 16.8. The van der Waals surface area contributed by atoms with E-state index in [0.29, 0.717) is 12.7 Å². The van der Waals surface area contributed by atoms with Crippen molar-refractivity contribution in [1.82, 2.24) is 5.32 Å². The minimum absolute atomic E-state index is 0.00673. The van der Waals surface area contributed by atoms with Crippen molar-refractivity contribution in [1.29, 1.82) is 0 Å². The summed E-state index contributed by atoms with van der Waals surface area (Å²) in [4.78, 5) is 43.6. The number of amides is 1. The van der Waals surface area contributed by atoms with Crippen molar-refractivity contribution in [3.8, 4) is 0 Å². The molecule has 24 heavy (non-hydrogen) atoms. The standard InChI is InChI=1S/C14H23NO9/c1-10(22-9-21-6-4-5-11(17)18)23-12(19)7-15-13(20)24-14(2,3)8-16/h8,10H,4-7,9H2,1-3H3,(H,15,20)(H,17,18)/t10-/m0/s1. The van der Waals surface area contributed by atoms with Crippen molar-refractivity contribution in [3.05, 3.63) is 0 Å². The maximum atomic E-state index is 11.5. The van der Waals surface area contributed by atoms with Gasteiger partial charge >= 0.3 is 18.0 Å². The van der Waals surface area contributed by atoms with Gasteiger partial charge in [-0.1, -0.05) is 0 Å². The molecule has 0 fully saturated rings. The molecule has 0 aromatic heterocycles. The average molecular weight is 349 g/mol. The van der Waals surface area contributed by atoms with Crippen LogP contribution < -0.4 is 5.32 Å². The summed E-state index contributed by atoms with van der Waals surface area (Å²) in [5.74, 6) is -1.68. The third-order valence-electron chi connectivity index (χ3n) is 2.38. The fourth-order valence-corrected chi connectivity index (χ4v) is 1.23. The summed E-state index contributed by atoms with van der Waals surface area (Å²) < 4.78 is 19.6. The minimum atomic E-state index is -1.29. The number of nitrogens with one attached hydrogen (secondary N) is 1. The van der Waals surface area contributed by atoms with Crippen LogP contribution in [0.25, 0.3) is 0 Å². The Morgan fingerprint density at radius 3 is 2.54 bits per heavy atom. The number of alkyl carbamates (subject to hydrolysis) is 1. The molecule has 138 valence electrons. The summed E-state index contributed by atoms with van der Waals surface area (Å²) in [6, 6.07) is 0. The van der Waals surface area contributed by atoms with E-state index >= 15 is 0 Å². The van der Waals surface area contributed by atoms with E-state index in [4.69, 9.17) is 24.1 Å². The van der Waals surface area contributed by atoms with E-state index in [1.165, 1.54) is 20.8 Å². The smallest absolute Gasteiger partial charge is 0.408 e. The number of aliphatic carboxylic acids is 1. The van der Waals surface area contributed by atoms with E-state index < -0.39 is 36.5 Å². The van der Waals surface area contributed by atoms with Gasteiger partial charge in [0.25, 0.3) is 0 Å². The fraction of sp³-hybridized carbons (Fsp3) is 0.714. The highest BCUT2D eigenvalue weighted by molar-refractivity contribution is 5.79. The first-order valence-corrected chi connectivity index (χ1v) is 7.20. The molecule has 0 aromatic rings. The lowest BCUT2D eigenvalue weighted by Crippen LogP contribution is -2.38. The van der Waals surface area contributed by atoms with Crippen molar-refractivity contribution in [2.24, 2.45) is 0 Å². The van der Waals surface area contributed by atoms with Crippen LogP contribution in [0.15, 0.2) is 0 Å². The van der Waals surface area contributed by atoms with Crippen molar-refractivity contribution >= 4 is 24.3 Å². The minimum Gasteiger partial charge on any atom is -0.481 e. The number of hydrogen-bond donors (Lipinski definition) is 2. The van der Waals surface area contributed by atoms with Gasteiger partial charge in [-0.2, -0.15) is 0 Å².